The Kier molecular flexibility index (Phi) is 6.22. The van der Waals surface area contributed by atoms with Gasteiger partial charge in [-0.1, -0.05) is 60.7 Å². The number of carbonyl (C=O) groups is 1. The number of carboxylic acids is 1. The number of carboxylic acid groups (broad SMARTS) is 1. The molecule has 0 bridgehead atoms. The molecular formula is C16H18ClNO2. The molecular weight excluding hydrogens is 274 g/mol. The van der Waals surface area contributed by atoms with Crippen LogP contribution in [-0.4, -0.2) is 23.0 Å². The molecule has 0 heterocycles. The molecule has 1 N–H and O–H groups in total. The van der Waals surface area contributed by atoms with Crippen molar-refractivity contribution in [3.05, 3.63) is 71.8 Å². The Balaban J connectivity index is 0.00000200. The zero-order chi connectivity index (χ0) is 13.7. The highest BCUT2D eigenvalue weighted by Crippen LogP contribution is 2.21. The third-order valence-electron chi connectivity index (χ3n) is 3.06. The number of benzene rings is 2. The largest absolute Gasteiger partial charge is 0.480 e. The molecule has 0 unspecified atom stereocenters. The molecule has 0 aromatic heterocycles. The minimum absolute atomic E-state index is 0. The summed E-state index contributed by atoms with van der Waals surface area (Å²) >= 11 is 0. The van der Waals surface area contributed by atoms with E-state index in [0.29, 0.717) is 6.54 Å². The van der Waals surface area contributed by atoms with Crippen LogP contribution in [0.4, 0.5) is 0 Å². The van der Waals surface area contributed by atoms with Crippen molar-refractivity contribution in [2.45, 2.75) is 12.6 Å². The standard InChI is InChI=1S/C16H17NO2.ClH/c1-17(12-13-8-4-2-5-9-13)15(16(18)19)14-10-6-3-7-11-14;/h2-11,15H,12H2,1H3,(H,18,19);1H/t15-;/m1./s1. The van der Waals surface area contributed by atoms with Gasteiger partial charge in [0.05, 0.1) is 0 Å². The van der Waals surface area contributed by atoms with Gasteiger partial charge in [0, 0.05) is 6.54 Å². The minimum atomic E-state index is -0.829. The molecule has 0 aliphatic heterocycles. The highest BCUT2D eigenvalue weighted by molar-refractivity contribution is 5.85. The van der Waals surface area contributed by atoms with Crippen molar-refractivity contribution in [2.75, 3.05) is 7.05 Å². The maximum atomic E-state index is 11.5. The second-order valence-electron chi connectivity index (χ2n) is 4.55. The van der Waals surface area contributed by atoms with Crippen LogP contribution in [-0.2, 0) is 11.3 Å². The summed E-state index contributed by atoms with van der Waals surface area (Å²) in [6, 6.07) is 18.6. The highest BCUT2D eigenvalue weighted by Gasteiger charge is 2.24. The third-order valence-corrected chi connectivity index (χ3v) is 3.06. The van der Waals surface area contributed by atoms with E-state index in [2.05, 4.69) is 0 Å². The summed E-state index contributed by atoms with van der Waals surface area (Å²) in [4.78, 5) is 13.3. The number of aliphatic carboxylic acids is 1. The molecule has 2 rings (SSSR count). The lowest BCUT2D eigenvalue weighted by Crippen LogP contribution is -2.30. The Morgan fingerprint density at radius 2 is 1.55 bits per heavy atom. The molecule has 2 aromatic rings. The summed E-state index contributed by atoms with van der Waals surface area (Å²) in [6.07, 6.45) is 0. The molecule has 0 radical (unpaired) electrons. The lowest BCUT2D eigenvalue weighted by Gasteiger charge is -2.25. The first-order chi connectivity index (χ1) is 9.18. The van der Waals surface area contributed by atoms with E-state index in [4.69, 9.17) is 0 Å². The summed E-state index contributed by atoms with van der Waals surface area (Å²) < 4.78 is 0. The van der Waals surface area contributed by atoms with Crippen molar-refractivity contribution in [2.24, 2.45) is 0 Å². The molecule has 20 heavy (non-hydrogen) atoms. The summed E-state index contributed by atoms with van der Waals surface area (Å²) in [7, 11) is 1.83. The van der Waals surface area contributed by atoms with E-state index in [1.165, 1.54) is 0 Å². The van der Waals surface area contributed by atoms with E-state index < -0.39 is 12.0 Å². The third kappa shape index (κ3) is 4.08. The number of rotatable bonds is 5. The number of hydrogen-bond donors (Lipinski definition) is 1. The van der Waals surface area contributed by atoms with E-state index in [0.717, 1.165) is 11.1 Å². The van der Waals surface area contributed by atoms with Gasteiger partial charge in [0.15, 0.2) is 0 Å². The van der Waals surface area contributed by atoms with Gasteiger partial charge in [0.1, 0.15) is 6.04 Å². The lowest BCUT2D eigenvalue weighted by atomic mass is 10.1. The minimum Gasteiger partial charge on any atom is -0.480 e. The second kappa shape index (κ2) is 7.68. The van der Waals surface area contributed by atoms with Crippen molar-refractivity contribution in [3.8, 4) is 0 Å². The fourth-order valence-corrected chi connectivity index (χ4v) is 2.18. The van der Waals surface area contributed by atoms with E-state index in [9.17, 15) is 9.90 Å². The first kappa shape index (κ1) is 16.2. The Labute approximate surface area is 125 Å². The molecule has 0 fully saturated rings. The molecule has 0 aliphatic carbocycles. The Morgan fingerprint density at radius 1 is 1.05 bits per heavy atom. The molecule has 1 atom stereocenters. The smallest absolute Gasteiger partial charge is 0.325 e. The number of hydrogen-bond acceptors (Lipinski definition) is 2. The van der Waals surface area contributed by atoms with Gasteiger partial charge in [0.25, 0.3) is 0 Å². The Morgan fingerprint density at radius 3 is 2.05 bits per heavy atom. The van der Waals surface area contributed by atoms with Crippen LogP contribution in [0, 0.1) is 0 Å². The van der Waals surface area contributed by atoms with E-state index in [-0.39, 0.29) is 12.4 Å². The first-order valence-electron chi connectivity index (χ1n) is 6.20. The predicted octanol–water partition coefficient (Wildman–Crippen LogP) is 3.37. The van der Waals surface area contributed by atoms with Crippen LogP contribution in [0.1, 0.15) is 17.2 Å². The summed E-state index contributed by atoms with van der Waals surface area (Å²) in [5.74, 6) is -0.829. The van der Waals surface area contributed by atoms with Crippen LogP contribution in [0.15, 0.2) is 60.7 Å². The van der Waals surface area contributed by atoms with Crippen molar-refractivity contribution in [1.82, 2.24) is 4.90 Å². The average Bonchev–Trinajstić information content (AvgIpc) is 2.40. The number of nitrogens with zero attached hydrogens (tertiary/aromatic N) is 1. The SMILES string of the molecule is CN(Cc1ccccc1)[C@@H](C(=O)O)c1ccccc1.Cl. The van der Waals surface area contributed by atoms with Gasteiger partial charge in [-0.2, -0.15) is 0 Å². The molecule has 4 heteroatoms. The fraction of sp³-hybridized carbons (Fsp3) is 0.188. The zero-order valence-corrected chi connectivity index (χ0v) is 12.1. The van der Waals surface area contributed by atoms with Crippen molar-refractivity contribution in [1.29, 1.82) is 0 Å². The molecule has 2 aromatic carbocycles. The fourth-order valence-electron chi connectivity index (χ4n) is 2.18. The molecule has 106 valence electrons. The van der Waals surface area contributed by atoms with Crippen molar-refractivity contribution < 1.29 is 9.90 Å². The molecule has 3 nitrogen and oxygen atoms in total. The van der Waals surface area contributed by atoms with Crippen molar-refractivity contribution in [3.63, 3.8) is 0 Å². The lowest BCUT2D eigenvalue weighted by molar-refractivity contribution is -0.143. The van der Waals surface area contributed by atoms with Crippen molar-refractivity contribution >= 4 is 18.4 Å². The monoisotopic (exact) mass is 291 g/mol. The quantitative estimate of drug-likeness (QED) is 0.918. The van der Waals surface area contributed by atoms with E-state index in [1.807, 2.05) is 72.6 Å². The summed E-state index contributed by atoms with van der Waals surface area (Å²) in [6.45, 7) is 0.604. The Bertz CT molecular complexity index is 531. The van der Waals surface area contributed by atoms with Gasteiger partial charge >= 0.3 is 5.97 Å². The van der Waals surface area contributed by atoms with Gasteiger partial charge in [0.2, 0.25) is 0 Å². The maximum absolute atomic E-state index is 11.5. The maximum Gasteiger partial charge on any atom is 0.325 e. The molecule has 0 spiro atoms. The van der Waals surface area contributed by atoms with Gasteiger partial charge in [-0.25, -0.2) is 0 Å². The number of halogens is 1. The summed E-state index contributed by atoms with van der Waals surface area (Å²) in [5, 5.41) is 9.43. The number of likely N-dealkylation sites (N-methyl/N-ethyl adjacent to an activating group) is 1. The predicted molar refractivity (Wildman–Crippen MR) is 82.0 cm³/mol. The molecule has 0 saturated heterocycles. The van der Waals surface area contributed by atoms with Crippen LogP contribution >= 0.6 is 12.4 Å². The van der Waals surface area contributed by atoms with Crippen LogP contribution < -0.4 is 0 Å². The van der Waals surface area contributed by atoms with Gasteiger partial charge in [-0.15, -0.1) is 12.4 Å². The highest BCUT2D eigenvalue weighted by atomic mass is 35.5. The van der Waals surface area contributed by atoms with Gasteiger partial charge in [-0.05, 0) is 18.2 Å². The van der Waals surface area contributed by atoms with Crippen LogP contribution in [0.3, 0.4) is 0 Å². The van der Waals surface area contributed by atoms with E-state index >= 15 is 0 Å². The Hall–Kier alpha value is -1.84. The average molecular weight is 292 g/mol. The second-order valence-corrected chi connectivity index (χ2v) is 4.55. The van der Waals surface area contributed by atoms with Gasteiger partial charge in [-0.3, -0.25) is 9.69 Å². The topological polar surface area (TPSA) is 40.5 Å². The molecule has 0 amide bonds. The zero-order valence-electron chi connectivity index (χ0n) is 11.3. The van der Waals surface area contributed by atoms with Crippen LogP contribution in [0.5, 0.6) is 0 Å². The molecule has 0 saturated carbocycles. The van der Waals surface area contributed by atoms with Crippen LogP contribution in [0.2, 0.25) is 0 Å². The normalized spacial score (nSPS) is 11.7. The van der Waals surface area contributed by atoms with Crippen LogP contribution in [0.25, 0.3) is 0 Å². The summed E-state index contributed by atoms with van der Waals surface area (Å²) in [5.41, 5.74) is 1.90. The molecule has 0 aliphatic rings. The van der Waals surface area contributed by atoms with Gasteiger partial charge < -0.3 is 5.11 Å². The first-order valence-corrected chi connectivity index (χ1v) is 6.20. The van der Waals surface area contributed by atoms with E-state index in [1.54, 1.807) is 0 Å².